The average Bonchev–Trinajstić information content (AvgIpc) is 3.00. The maximum atomic E-state index is 12.6. The lowest BCUT2D eigenvalue weighted by Crippen LogP contribution is -2.48. The van der Waals surface area contributed by atoms with E-state index < -0.39 is 15.5 Å². The van der Waals surface area contributed by atoms with E-state index in [1.807, 2.05) is 0 Å². The Morgan fingerprint density at radius 2 is 1.80 bits per heavy atom. The van der Waals surface area contributed by atoms with Gasteiger partial charge in [-0.2, -0.15) is 17.5 Å². The maximum absolute atomic E-state index is 12.6. The van der Waals surface area contributed by atoms with Gasteiger partial charge in [0.1, 0.15) is 0 Å². The van der Waals surface area contributed by atoms with Crippen LogP contribution in [0.25, 0.3) is 0 Å². The second-order valence-corrected chi connectivity index (χ2v) is 9.35. The summed E-state index contributed by atoms with van der Waals surface area (Å²) in [6, 6.07) is 0. The summed E-state index contributed by atoms with van der Waals surface area (Å²) >= 11 is 0. The highest BCUT2D eigenvalue weighted by Gasteiger charge is 3.06. The predicted octanol–water partition coefficient (Wildman–Crippen LogP) is 2.31. The summed E-state index contributed by atoms with van der Waals surface area (Å²) in [5, 5.41) is 0. The van der Waals surface area contributed by atoms with Crippen molar-refractivity contribution >= 4 is 10.0 Å². The molecule has 4 rings (SSSR count). The van der Waals surface area contributed by atoms with Gasteiger partial charge < -0.3 is 0 Å². The Bertz CT molecular complexity index is 603. The summed E-state index contributed by atoms with van der Waals surface area (Å²) < 4.78 is 61.1. The van der Waals surface area contributed by atoms with Gasteiger partial charge in [0.15, 0.2) is 0 Å². The van der Waals surface area contributed by atoms with Crippen LogP contribution in [-0.2, 0) is 10.0 Å². The van der Waals surface area contributed by atoms with Crippen molar-refractivity contribution in [1.82, 2.24) is 4.31 Å². The van der Waals surface area contributed by atoms with Gasteiger partial charge in [-0.3, -0.25) is 0 Å². The van der Waals surface area contributed by atoms with Crippen LogP contribution in [0.5, 0.6) is 0 Å². The minimum absolute atomic E-state index is 0.0296. The molecule has 0 aliphatic heterocycles. The molecular weight excluding hydrogens is 291 g/mol. The summed E-state index contributed by atoms with van der Waals surface area (Å²) in [6.45, 7) is 4.43. The molecule has 20 heavy (non-hydrogen) atoms. The second kappa shape index (κ2) is 3.07. The van der Waals surface area contributed by atoms with E-state index >= 15 is 0 Å². The molecule has 0 aromatic rings. The number of rotatable bonds is 3. The van der Waals surface area contributed by atoms with Crippen LogP contribution in [0.3, 0.4) is 0 Å². The molecule has 0 saturated heterocycles. The number of alkyl halides is 3. The third-order valence-electron chi connectivity index (χ3n) is 7.12. The Balaban J connectivity index is 1.54. The van der Waals surface area contributed by atoms with Gasteiger partial charge >= 0.3 is 15.5 Å². The standard InChI is InChI=1S/C13H18F3NO2S/c1-6-7(2)10-11-5-12(10,11)9(6)8(11)4-17(3)20(18,19)13(14,15)16/h6-10H,4-5H2,1-3H3/t6?,7?,8-,9?,10?,11?,12+/m0/s1. The van der Waals surface area contributed by atoms with Crippen LogP contribution < -0.4 is 0 Å². The molecule has 4 aliphatic carbocycles. The van der Waals surface area contributed by atoms with Crippen molar-refractivity contribution in [2.75, 3.05) is 13.6 Å². The second-order valence-electron chi connectivity index (χ2n) is 7.32. The predicted molar refractivity (Wildman–Crippen MR) is 65.9 cm³/mol. The largest absolute Gasteiger partial charge is 0.511 e. The van der Waals surface area contributed by atoms with E-state index in [2.05, 4.69) is 13.8 Å². The smallest absolute Gasteiger partial charge is 0.203 e. The highest BCUT2D eigenvalue weighted by molar-refractivity contribution is 7.89. The number of halogens is 3. The SMILES string of the molecule is CC1C(C)C2C34C[C@@]23C1[C@@H]4CN(C)S(=O)(=O)C(F)(F)F. The first-order chi connectivity index (χ1) is 9.03. The van der Waals surface area contributed by atoms with Crippen LogP contribution in [0.15, 0.2) is 0 Å². The number of sulfonamides is 1. The zero-order valence-corrected chi connectivity index (χ0v) is 12.4. The average molecular weight is 309 g/mol. The van der Waals surface area contributed by atoms with Crippen LogP contribution in [0, 0.1) is 40.4 Å². The molecule has 4 fully saturated rings. The highest BCUT2D eigenvalue weighted by atomic mass is 32.2. The highest BCUT2D eigenvalue weighted by Crippen LogP contribution is 3.09. The fourth-order valence-corrected chi connectivity index (χ4v) is 7.08. The molecule has 7 atom stereocenters. The molecule has 0 N–H and O–H groups in total. The van der Waals surface area contributed by atoms with Crippen molar-refractivity contribution < 1.29 is 21.6 Å². The molecule has 114 valence electrons. The van der Waals surface area contributed by atoms with Crippen LogP contribution in [0.2, 0.25) is 0 Å². The summed E-state index contributed by atoms with van der Waals surface area (Å²) in [7, 11) is -4.12. The maximum Gasteiger partial charge on any atom is 0.511 e. The molecule has 3 nitrogen and oxygen atoms in total. The molecular formula is C13H18F3NO2S. The molecule has 0 aromatic carbocycles. The van der Waals surface area contributed by atoms with Gasteiger partial charge in [0.05, 0.1) is 0 Å². The lowest BCUT2D eigenvalue weighted by atomic mass is 9.63. The van der Waals surface area contributed by atoms with Gasteiger partial charge in [-0.25, -0.2) is 8.42 Å². The molecule has 5 unspecified atom stereocenters. The minimum Gasteiger partial charge on any atom is -0.203 e. The van der Waals surface area contributed by atoms with Gasteiger partial charge in [-0.1, -0.05) is 13.8 Å². The van der Waals surface area contributed by atoms with Crippen LogP contribution in [0.1, 0.15) is 20.3 Å². The van der Waals surface area contributed by atoms with Gasteiger partial charge in [-0.05, 0) is 46.8 Å². The number of hydrogen-bond donors (Lipinski definition) is 0. The van der Waals surface area contributed by atoms with Crippen LogP contribution in [-0.4, -0.2) is 31.8 Å². The van der Waals surface area contributed by atoms with Crippen molar-refractivity contribution in [1.29, 1.82) is 0 Å². The monoisotopic (exact) mass is 309 g/mol. The molecule has 7 heteroatoms. The fraction of sp³-hybridized carbons (Fsp3) is 1.00. The molecule has 0 radical (unpaired) electrons. The van der Waals surface area contributed by atoms with E-state index in [0.717, 1.165) is 13.5 Å². The van der Waals surface area contributed by atoms with Gasteiger partial charge in [0.25, 0.3) is 0 Å². The molecule has 0 aromatic heterocycles. The Labute approximate surface area is 116 Å². The van der Waals surface area contributed by atoms with E-state index in [0.29, 0.717) is 33.4 Å². The third-order valence-corrected chi connectivity index (χ3v) is 8.68. The van der Waals surface area contributed by atoms with E-state index in [-0.39, 0.29) is 17.9 Å². The lowest BCUT2D eigenvalue weighted by Gasteiger charge is -2.43. The zero-order chi connectivity index (χ0) is 14.9. The van der Waals surface area contributed by atoms with Gasteiger partial charge in [0, 0.05) is 13.6 Å². The van der Waals surface area contributed by atoms with Crippen LogP contribution >= 0.6 is 0 Å². The Hall–Kier alpha value is -0.300. The van der Waals surface area contributed by atoms with Crippen molar-refractivity contribution in [3.05, 3.63) is 0 Å². The van der Waals surface area contributed by atoms with Crippen molar-refractivity contribution in [3.8, 4) is 0 Å². The van der Waals surface area contributed by atoms with Crippen LogP contribution in [0.4, 0.5) is 13.2 Å². The van der Waals surface area contributed by atoms with E-state index in [9.17, 15) is 21.6 Å². The molecule has 4 saturated carbocycles. The zero-order valence-electron chi connectivity index (χ0n) is 11.6. The van der Waals surface area contributed by atoms with Crippen molar-refractivity contribution in [3.63, 3.8) is 0 Å². The summed E-state index contributed by atoms with van der Waals surface area (Å²) in [6.07, 6.45) is 1.12. The normalized spacial score (nSPS) is 55.2. The van der Waals surface area contributed by atoms with E-state index in [1.54, 1.807) is 0 Å². The minimum atomic E-state index is -5.19. The third kappa shape index (κ3) is 1.02. The van der Waals surface area contributed by atoms with Crippen molar-refractivity contribution in [2.45, 2.75) is 25.8 Å². The van der Waals surface area contributed by atoms with Crippen molar-refractivity contribution in [2.24, 2.45) is 40.4 Å². The Kier molecular flexibility index (Phi) is 2.05. The van der Waals surface area contributed by atoms with Gasteiger partial charge in [0.2, 0.25) is 0 Å². The Morgan fingerprint density at radius 1 is 1.20 bits per heavy atom. The summed E-state index contributed by atoms with van der Waals surface area (Å²) in [5.74, 6) is 2.39. The molecule has 0 heterocycles. The molecule has 4 aliphatic rings. The summed E-state index contributed by atoms with van der Waals surface area (Å²) in [4.78, 5) is 0. The fourth-order valence-electron chi connectivity index (χ4n) is 6.37. The topological polar surface area (TPSA) is 37.4 Å². The quantitative estimate of drug-likeness (QED) is 0.802. The molecule has 1 spiro atoms. The van der Waals surface area contributed by atoms with Gasteiger partial charge in [-0.15, -0.1) is 0 Å². The molecule has 0 amide bonds. The Morgan fingerprint density at radius 3 is 2.30 bits per heavy atom. The first-order valence-corrected chi connectivity index (χ1v) is 8.50. The first-order valence-electron chi connectivity index (χ1n) is 7.06. The van der Waals surface area contributed by atoms with E-state index in [1.165, 1.54) is 0 Å². The number of hydrogen-bond acceptors (Lipinski definition) is 2. The lowest BCUT2D eigenvalue weighted by molar-refractivity contribution is -0.0500. The first kappa shape index (κ1) is 13.4. The molecule has 0 bridgehead atoms. The number of nitrogens with zero attached hydrogens (tertiary/aromatic N) is 1. The van der Waals surface area contributed by atoms with E-state index in [4.69, 9.17) is 0 Å². The summed E-state index contributed by atoms with van der Waals surface area (Å²) in [5.41, 5.74) is -4.55.